The Morgan fingerprint density at radius 1 is 1.05 bits per heavy atom. The van der Waals surface area contributed by atoms with E-state index in [1.165, 1.54) is 9.80 Å². The van der Waals surface area contributed by atoms with Gasteiger partial charge in [0.2, 0.25) is 0 Å². The Kier molecular flexibility index (Phi) is 12.7. The summed E-state index contributed by atoms with van der Waals surface area (Å²) in [5.41, 5.74) is 2.28. The number of nitrogens with one attached hydrogen (secondary N) is 1. The highest BCUT2D eigenvalue weighted by atomic mass is 32.3. The second-order valence-corrected chi connectivity index (χ2v) is 10.0. The minimum Gasteiger partial charge on any atom is -0.305 e. The van der Waals surface area contributed by atoms with Crippen molar-refractivity contribution in [2.45, 2.75) is 69.6 Å². The Labute approximate surface area is 224 Å². The molecule has 214 valence electrons. The van der Waals surface area contributed by atoms with Crippen LogP contribution in [0.4, 0.5) is 9.59 Å². The van der Waals surface area contributed by atoms with Crippen LogP contribution in [0.3, 0.4) is 0 Å². The van der Waals surface area contributed by atoms with Crippen molar-refractivity contribution < 1.29 is 46.4 Å². The van der Waals surface area contributed by atoms with Crippen LogP contribution in [0.1, 0.15) is 45.4 Å². The number of nitrogens with zero attached hydrogens (tertiary/aromatic N) is 6. The summed E-state index contributed by atoms with van der Waals surface area (Å²) < 4.78 is 36.3. The zero-order valence-electron chi connectivity index (χ0n) is 20.8. The number of piperidine rings is 2. The Morgan fingerprint density at radius 3 is 2.16 bits per heavy atom. The minimum atomic E-state index is -4.36. The Balaban J connectivity index is 0.000000249. The van der Waals surface area contributed by atoms with Gasteiger partial charge in [-0.2, -0.15) is 33.8 Å². The summed E-state index contributed by atoms with van der Waals surface area (Å²) in [7, 11) is -4.36. The van der Waals surface area contributed by atoms with Crippen LogP contribution in [0, 0.1) is 22.7 Å². The molecule has 4 fully saturated rings. The maximum Gasteiger partial charge on any atom is 0.437 e. The Hall–Kier alpha value is -2.46. The molecule has 0 radical (unpaired) electrons. The van der Waals surface area contributed by atoms with E-state index in [4.69, 9.17) is 20.1 Å². The van der Waals surface area contributed by atoms with Gasteiger partial charge in [-0.1, -0.05) is 18.4 Å². The molecule has 4 rings (SSSR count). The summed E-state index contributed by atoms with van der Waals surface area (Å²) in [5.74, 6) is 0. The fourth-order valence-electron chi connectivity index (χ4n) is 4.16. The lowest BCUT2D eigenvalue weighted by atomic mass is 10.0. The maximum absolute atomic E-state index is 12.0. The molecule has 4 atom stereocenters. The predicted molar refractivity (Wildman–Crippen MR) is 127 cm³/mol. The molecule has 0 aliphatic carbocycles. The van der Waals surface area contributed by atoms with Crippen molar-refractivity contribution >= 4 is 34.5 Å². The van der Waals surface area contributed by atoms with Crippen molar-refractivity contribution in [3.8, 4) is 12.1 Å². The van der Waals surface area contributed by atoms with Gasteiger partial charge in [0.15, 0.2) is 0 Å². The molecule has 0 aromatic rings. The molecule has 0 aromatic carbocycles. The smallest absolute Gasteiger partial charge is 0.305 e. The number of carbonyl (C=O) groups is 2. The van der Waals surface area contributed by atoms with Crippen LogP contribution >= 0.6 is 12.0 Å². The van der Waals surface area contributed by atoms with Gasteiger partial charge in [-0.15, -0.1) is 8.62 Å². The third-order valence-electron chi connectivity index (χ3n) is 6.03. The quantitative estimate of drug-likeness (QED) is 0.114. The number of hydrogen-bond donors (Lipinski definition) is 3. The number of amides is 4. The third kappa shape index (κ3) is 8.27. The summed E-state index contributed by atoms with van der Waals surface area (Å²) in [4.78, 5) is 26.0. The highest BCUT2D eigenvalue weighted by molar-refractivity contribution is 7.93. The van der Waals surface area contributed by atoms with Crippen molar-refractivity contribution in [1.29, 1.82) is 10.5 Å². The molecule has 4 aliphatic heterocycles. The zero-order valence-corrected chi connectivity index (χ0v) is 22.5. The predicted octanol–water partition coefficient (Wildman–Crippen LogP) is 1.13. The third-order valence-corrected chi connectivity index (χ3v) is 6.89. The summed E-state index contributed by atoms with van der Waals surface area (Å²) >= 11 is 0.929. The molecule has 0 saturated carbocycles. The SMILES string of the molecule is CCCCNOS(=O)(=O)ON1C(=O)N2C[C@H]1CC[C@H]2C#N.CSOOO.N#C[C@@H]1CC[C@@H]2CN1C(=O)N2O. The molecule has 0 spiro atoms. The van der Waals surface area contributed by atoms with Crippen molar-refractivity contribution in [1.82, 2.24) is 25.4 Å². The fourth-order valence-corrected chi connectivity index (χ4v) is 4.86. The van der Waals surface area contributed by atoms with Crippen LogP contribution < -0.4 is 5.48 Å². The first-order valence-electron chi connectivity index (χ1n) is 11.7. The number of fused-ring (bicyclic) bond motifs is 4. The van der Waals surface area contributed by atoms with E-state index in [-0.39, 0.29) is 24.7 Å². The first kappa shape index (κ1) is 31.8. The number of hydroxylamine groups is 5. The summed E-state index contributed by atoms with van der Waals surface area (Å²) in [6.45, 7) is 3.10. The average Bonchev–Trinajstić information content (AvgIpc) is 3.28. The lowest BCUT2D eigenvalue weighted by Crippen LogP contribution is -2.39. The van der Waals surface area contributed by atoms with Crippen LogP contribution in [0.15, 0.2) is 0 Å². The number of unbranched alkanes of at least 4 members (excludes halogenated alkanes) is 1. The molecule has 19 heteroatoms. The Morgan fingerprint density at radius 2 is 1.63 bits per heavy atom. The van der Waals surface area contributed by atoms with Gasteiger partial charge in [0.25, 0.3) is 0 Å². The van der Waals surface area contributed by atoms with Gasteiger partial charge in [0, 0.05) is 37.9 Å². The van der Waals surface area contributed by atoms with Crippen molar-refractivity contribution in [2.75, 3.05) is 25.9 Å². The van der Waals surface area contributed by atoms with Crippen LogP contribution in [-0.4, -0.2) is 101 Å². The second-order valence-electron chi connectivity index (χ2n) is 8.42. The molecule has 4 aliphatic rings. The van der Waals surface area contributed by atoms with E-state index in [9.17, 15) is 23.2 Å². The van der Waals surface area contributed by atoms with Crippen LogP contribution in [-0.2, 0) is 28.3 Å². The number of carbonyl (C=O) groups excluding carboxylic acids is 2. The lowest BCUT2D eigenvalue weighted by Gasteiger charge is -2.24. The van der Waals surface area contributed by atoms with Crippen molar-refractivity contribution in [2.24, 2.45) is 0 Å². The lowest BCUT2D eigenvalue weighted by molar-refractivity contribution is -0.432. The molecule has 3 N–H and O–H groups in total. The van der Waals surface area contributed by atoms with E-state index in [2.05, 4.69) is 19.1 Å². The molecule has 38 heavy (non-hydrogen) atoms. The highest BCUT2D eigenvalue weighted by Gasteiger charge is 2.48. The first-order chi connectivity index (χ1) is 18.1. The topological polar surface area (TPSA) is 218 Å². The van der Waals surface area contributed by atoms with Gasteiger partial charge < -0.3 is 9.80 Å². The van der Waals surface area contributed by atoms with Gasteiger partial charge in [-0.3, -0.25) is 5.21 Å². The standard InChI is InChI=1S/C11H18N4O5S.C7H9N3O2.CH4O3S/c1-2-3-6-13-19-21(17,18)20-15-10-5-4-9(7-12)14(8-10)11(15)16;8-3-5-1-2-6-4-9(5)7(11)10(6)12;1-5-4-3-2/h9-10,13H,2-6,8H2,1H3;5-6,12H,1-2,4H2;2H,1H3/t9-,10+;5-,6+;/m00./s1. The summed E-state index contributed by atoms with van der Waals surface area (Å²) in [6.07, 6.45) is 5.66. The van der Waals surface area contributed by atoms with E-state index >= 15 is 0 Å². The van der Waals surface area contributed by atoms with Crippen LogP contribution in [0.2, 0.25) is 0 Å². The number of rotatable bonds is 9. The first-order valence-corrected chi connectivity index (χ1v) is 14.2. The van der Waals surface area contributed by atoms with E-state index in [0.717, 1.165) is 41.4 Å². The van der Waals surface area contributed by atoms with Crippen LogP contribution in [0.5, 0.6) is 0 Å². The van der Waals surface area contributed by atoms with Crippen molar-refractivity contribution in [3.63, 3.8) is 0 Å². The number of nitriles is 2. The van der Waals surface area contributed by atoms with E-state index < -0.39 is 28.5 Å². The maximum atomic E-state index is 12.0. The molecule has 0 aromatic heterocycles. The zero-order chi connectivity index (χ0) is 28.3. The second kappa shape index (κ2) is 15.2. The van der Waals surface area contributed by atoms with Gasteiger partial charge in [-0.05, 0) is 32.1 Å². The molecule has 4 saturated heterocycles. The highest BCUT2D eigenvalue weighted by Crippen LogP contribution is 2.30. The monoisotopic (exact) mass is 581 g/mol. The van der Waals surface area contributed by atoms with Gasteiger partial charge in [0.05, 0.1) is 24.2 Å². The summed E-state index contributed by atoms with van der Waals surface area (Å²) in [6, 6.07) is 1.68. The molecular formula is C19H31N7O10S2. The molecule has 4 bridgehead atoms. The molecular weight excluding hydrogens is 550 g/mol. The molecule has 4 amide bonds. The number of hydrogen-bond acceptors (Lipinski definition) is 14. The fraction of sp³-hybridized carbons (Fsp3) is 0.789. The Bertz CT molecular complexity index is 989. The normalized spacial score (nSPS) is 25.7. The molecule has 4 heterocycles. The number of urea groups is 2. The van der Waals surface area contributed by atoms with E-state index in [1.807, 2.05) is 19.1 Å². The van der Waals surface area contributed by atoms with Crippen molar-refractivity contribution in [3.05, 3.63) is 0 Å². The molecule has 0 unspecified atom stereocenters. The molecule has 17 nitrogen and oxygen atoms in total. The van der Waals surface area contributed by atoms with Gasteiger partial charge in [0.1, 0.15) is 12.1 Å². The summed E-state index contributed by atoms with van der Waals surface area (Å²) in [5, 5.41) is 38.9. The van der Waals surface area contributed by atoms with Gasteiger partial charge >= 0.3 is 22.5 Å². The largest absolute Gasteiger partial charge is 0.437 e. The van der Waals surface area contributed by atoms with Crippen LogP contribution in [0.25, 0.3) is 0 Å². The van der Waals surface area contributed by atoms with Gasteiger partial charge in [-0.25, -0.2) is 19.9 Å². The average molecular weight is 582 g/mol. The van der Waals surface area contributed by atoms with E-state index in [1.54, 1.807) is 6.26 Å². The van der Waals surface area contributed by atoms with E-state index in [0.29, 0.717) is 32.4 Å². The minimum absolute atomic E-state index is 0.0953.